The molecule has 5 nitrogen and oxygen atoms in total. The monoisotopic (exact) mass is 322 g/mol. The lowest BCUT2D eigenvalue weighted by Gasteiger charge is -2.47. The van der Waals surface area contributed by atoms with Gasteiger partial charge in [0.05, 0.1) is 38.0 Å². The van der Waals surface area contributed by atoms with Crippen molar-refractivity contribution in [2.45, 2.75) is 75.7 Å². The van der Waals surface area contributed by atoms with Crippen LogP contribution >= 0.6 is 0 Å². The molecule has 1 amide bonds. The lowest BCUT2D eigenvalue weighted by molar-refractivity contribution is -0.155. The highest BCUT2D eigenvalue weighted by Crippen LogP contribution is 2.30. The molecule has 5 heteroatoms. The maximum absolute atomic E-state index is 13.0. The summed E-state index contributed by atoms with van der Waals surface area (Å²) in [4.78, 5) is 17.5. The highest BCUT2D eigenvalue weighted by atomic mass is 16.5. The van der Waals surface area contributed by atoms with Gasteiger partial charge in [-0.05, 0) is 25.7 Å². The van der Waals surface area contributed by atoms with Crippen LogP contribution in [-0.4, -0.2) is 72.8 Å². The number of nitrogens with zero attached hydrogens (tertiary/aromatic N) is 2. The molecule has 0 N–H and O–H groups in total. The second kappa shape index (κ2) is 7.08. The molecule has 0 aromatic heterocycles. The predicted octanol–water partition coefficient (Wildman–Crippen LogP) is 1.80. The van der Waals surface area contributed by atoms with Crippen LogP contribution in [-0.2, 0) is 14.3 Å². The Hall–Kier alpha value is -0.650. The smallest absolute Gasteiger partial charge is 0.237 e. The average molecular weight is 322 g/mol. The van der Waals surface area contributed by atoms with Gasteiger partial charge in [-0.2, -0.15) is 0 Å². The van der Waals surface area contributed by atoms with Gasteiger partial charge in [-0.1, -0.05) is 25.7 Å². The number of carbonyl (C=O) groups is 1. The molecule has 0 spiro atoms. The molecule has 2 heterocycles. The Morgan fingerprint density at radius 1 is 0.826 bits per heavy atom. The third-order valence-electron chi connectivity index (χ3n) is 6.24. The number of hydrogen-bond donors (Lipinski definition) is 0. The Balaban J connectivity index is 1.40. The van der Waals surface area contributed by atoms with E-state index in [1.54, 1.807) is 0 Å². The van der Waals surface area contributed by atoms with E-state index in [4.69, 9.17) is 9.47 Å². The van der Waals surface area contributed by atoms with Crippen molar-refractivity contribution in [2.75, 3.05) is 32.8 Å². The quantitative estimate of drug-likeness (QED) is 0.777. The van der Waals surface area contributed by atoms with Crippen molar-refractivity contribution in [1.29, 1.82) is 0 Å². The van der Waals surface area contributed by atoms with Gasteiger partial charge in [0.25, 0.3) is 0 Å². The molecule has 0 aromatic carbocycles. The molecular weight excluding hydrogens is 292 g/mol. The third kappa shape index (κ3) is 3.28. The summed E-state index contributed by atoms with van der Waals surface area (Å²) in [6.07, 6.45) is 10.3. The highest BCUT2D eigenvalue weighted by molar-refractivity contribution is 5.79. The standard InChI is InChI=1S/C18H30N2O3/c21-18(20-10-12-23-17-8-4-2-6-15(17)20)13-19-9-11-22-16-7-3-1-5-14(16)19/h14-17H,1-13H2/t14-,15-,16+,17-/m0/s1. The summed E-state index contributed by atoms with van der Waals surface area (Å²) in [5.74, 6) is 0.316. The van der Waals surface area contributed by atoms with E-state index in [1.807, 2.05) is 0 Å². The molecule has 23 heavy (non-hydrogen) atoms. The molecule has 130 valence electrons. The van der Waals surface area contributed by atoms with Crippen LogP contribution in [0.3, 0.4) is 0 Å². The zero-order chi connectivity index (χ0) is 15.6. The van der Waals surface area contributed by atoms with E-state index in [0.29, 0.717) is 37.2 Å². The van der Waals surface area contributed by atoms with Crippen LogP contribution in [0.1, 0.15) is 51.4 Å². The van der Waals surface area contributed by atoms with Gasteiger partial charge >= 0.3 is 0 Å². The summed E-state index contributed by atoms with van der Waals surface area (Å²) in [5.41, 5.74) is 0. The molecule has 0 unspecified atom stereocenters. The fourth-order valence-corrected chi connectivity index (χ4v) is 5.04. The number of carbonyl (C=O) groups excluding carboxylic acids is 1. The summed E-state index contributed by atoms with van der Waals surface area (Å²) in [7, 11) is 0. The Morgan fingerprint density at radius 3 is 2.22 bits per heavy atom. The highest BCUT2D eigenvalue weighted by Gasteiger charge is 2.39. The predicted molar refractivity (Wildman–Crippen MR) is 87.3 cm³/mol. The van der Waals surface area contributed by atoms with Gasteiger partial charge in [0.1, 0.15) is 0 Å². The summed E-state index contributed by atoms with van der Waals surface area (Å²) >= 11 is 0. The number of rotatable bonds is 2. The first-order chi connectivity index (χ1) is 11.3. The van der Waals surface area contributed by atoms with Crippen LogP contribution in [0, 0.1) is 0 Å². The number of fused-ring (bicyclic) bond motifs is 2. The second-order valence-corrected chi connectivity index (χ2v) is 7.58. The van der Waals surface area contributed by atoms with Crippen LogP contribution < -0.4 is 0 Å². The van der Waals surface area contributed by atoms with E-state index in [1.165, 1.54) is 32.1 Å². The van der Waals surface area contributed by atoms with Crippen molar-refractivity contribution < 1.29 is 14.3 Å². The molecule has 0 radical (unpaired) electrons. The van der Waals surface area contributed by atoms with E-state index in [-0.39, 0.29) is 6.10 Å². The largest absolute Gasteiger partial charge is 0.375 e. The minimum Gasteiger partial charge on any atom is -0.375 e. The van der Waals surface area contributed by atoms with Gasteiger partial charge < -0.3 is 14.4 Å². The molecule has 2 aliphatic heterocycles. The molecule has 0 aromatic rings. The van der Waals surface area contributed by atoms with Crippen LogP contribution in [0.4, 0.5) is 0 Å². The van der Waals surface area contributed by atoms with Crippen molar-refractivity contribution >= 4 is 5.91 Å². The Labute approximate surface area is 139 Å². The van der Waals surface area contributed by atoms with Gasteiger partial charge in [0.2, 0.25) is 5.91 Å². The number of morpholine rings is 2. The van der Waals surface area contributed by atoms with Crippen molar-refractivity contribution in [2.24, 2.45) is 0 Å². The lowest BCUT2D eigenvalue weighted by atomic mass is 9.89. The van der Waals surface area contributed by atoms with Crippen molar-refractivity contribution in [3.63, 3.8) is 0 Å². The van der Waals surface area contributed by atoms with E-state index in [2.05, 4.69) is 9.80 Å². The van der Waals surface area contributed by atoms with Crippen molar-refractivity contribution in [3.05, 3.63) is 0 Å². The summed E-state index contributed by atoms with van der Waals surface area (Å²) < 4.78 is 11.8. The fourth-order valence-electron chi connectivity index (χ4n) is 5.04. The first-order valence-electron chi connectivity index (χ1n) is 9.59. The molecule has 0 bridgehead atoms. The molecular formula is C18H30N2O3. The Kier molecular flexibility index (Phi) is 4.88. The Morgan fingerprint density at radius 2 is 1.43 bits per heavy atom. The minimum atomic E-state index is 0.286. The van der Waals surface area contributed by atoms with Gasteiger partial charge in [0.15, 0.2) is 0 Å². The molecule has 4 atom stereocenters. The van der Waals surface area contributed by atoms with E-state index in [9.17, 15) is 4.79 Å². The van der Waals surface area contributed by atoms with Gasteiger partial charge in [0, 0.05) is 19.1 Å². The topological polar surface area (TPSA) is 42.0 Å². The third-order valence-corrected chi connectivity index (χ3v) is 6.24. The summed E-state index contributed by atoms with van der Waals surface area (Å²) in [5, 5.41) is 0. The number of ether oxygens (including phenoxy) is 2. The normalized spacial score (nSPS) is 38.7. The minimum absolute atomic E-state index is 0.286. The molecule has 2 saturated heterocycles. The second-order valence-electron chi connectivity index (χ2n) is 7.58. The average Bonchev–Trinajstić information content (AvgIpc) is 2.61. The zero-order valence-corrected chi connectivity index (χ0v) is 14.1. The van der Waals surface area contributed by atoms with Crippen LogP contribution in [0.5, 0.6) is 0 Å². The van der Waals surface area contributed by atoms with E-state index < -0.39 is 0 Å². The van der Waals surface area contributed by atoms with Gasteiger partial charge in [-0.3, -0.25) is 9.69 Å². The van der Waals surface area contributed by atoms with Crippen LogP contribution in [0.15, 0.2) is 0 Å². The van der Waals surface area contributed by atoms with Gasteiger partial charge in [-0.25, -0.2) is 0 Å². The number of hydrogen-bond acceptors (Lipinski definition) is 4. The SMILES string of the molecule is O=C(CN1CCO[C@@H]2CCCC[C@@H]21)N1CCO[C@H]2CCCC[C@@H]21. The summed E-state index contributed by atoms with van der Waals surface area (Å²) in [6.45, 7) is 3.75. The van der Waals surface area contributed by atoms with E-state index in [0.717, 1.165) is 39.0 Å². The molecule has 2 saturated carbocycles. The molecule has 4 rings (SSSR count). The zero-order valence-electron chi connectivity index (χ0n) is 14.1. The first kappa shape index (κ1) is 15.9. The Bertz CT molecular complexity index is 426. The molecule has 4 fully saturated rings. The van der Waals surface area contributed by atoms with Crippen molar-refractivity contribution in [3.8, 4) is 0 Å². The lowest BCUT2D eigenvalue weighted by Crippen LogP contribution is -2.59. The fraction of sp³-hybridized carbons (Fsp3) is 0.944. The van der Waals surface area contributed by atoms with E-state index >= 15 is 0 Å². The number of amides is 1. The molecule has 4 aliphatic rings. The maximum Gasteiger partial charge on any atom is 0.237 e. The first-order valence-corrected chi connectivity index (χ1v) is 9.59. The van der Waals surface area contributed by atoms with Crippen molar-refractivity contribution in [1.82, 2.24) is 9.80 Å². The molecule has 2 aliphatic carbocycles. The van der Waals surface area contributed by atoms with Gasteiger partial charge in [-0.15, -0.1) is 0 Å². The van der Waals surface area contributed by atoms with Crippen LogP contribution in [0.2, 0.25) is 0 Å². The summed E-state index contributed by atoms with van der Waals surface area (Å²) in [6, 6.07) is 0.790. The maximum atomic E-state index is 13.0. The van der Waals surface area contributed by atoms with Crippen LogP contribution in [0.25, 0.3) is 0 Å².